The molecule has 98 valence electrons. The molecule has 1 aromatic rings. The highest BCUT2D eigenvalue weighted by molar-refractivity contribution is 9.10. The number of rotatable bonds is 4. The van der Waals surface area contributed by atoms with E-state index in [0.29, 0.717) is 4.47 Å². The summed E-state index contributed by atoms with van der Waals surface area (Å²) in [6.45, 7) is 1.10. The third-order valence-corrected chi connectivity index (χ3v) is 3.54. The van der Waals surface area contributed by atoms with Crippen LogP contribution in [0.3, 0.4) is 0 Å². The molecule has 0 aliphatic rings. The van der Waals surface area contributed by atoms with Crippen LogP contribution in [0.5, 0.6) is 0 Å². The predicted molar refractivity (Wildman–Crippen MR) is 64.9 cm³/mol. The first-order chi connectivity index (χ1) is 8.24. The van der Waals surface area contributed by atoms with Crippen molar-refractivity contribution in [3.05, 3.63) is 32.8 Å². The van der Waals surface area contributed by atoms with Gasteiger partial charge in [0.25, 0.3) is 15.7 Å². The molecule has 0 spiro atoms. The summed E-state index contributed by atoms with van der Waals surface area (Å²) in [4.78, 5) is 21.7. The number of nitro groups is 1. The van der Waals surface area contributed by atoms with Crippen LogP contribution >= 0.6 is 15.9 Å². The van der Waals surface area contributed by atoms with Crippen molar-refractivity contribution in [1.82, 2.24) is 10.3 Å². The van der Waals surface area contributed by atoms with E-state index in [2.05, 4.69) is 15.9 Å². The third-order valence-electron chi connectivity index (χ3n) is 1.77. The van der Waals surface area contributed by atoms with Gasteiger partial charge in [0, 0.05) is 17.5 Å². The number of hydrazine groups is 1. The molecule has 2 N–H and O–H groups in total. The van der Waals surface area contributed by atoms with E-state index in [4.69, 9.17) is 0 Å². The largest absolute Gasteiger partial charge is 0.289 e. The van der Waals surface area contributed by atoms with E-state index in [1.807, 2.05) is 5.43 Å². The average molecular weight is 338 g/mol. The van der Waals surface area contributed by atoms with E-state index in [0.717, 1.165) is 19.1 Å². The molecule has 10 heteroatoms. The Bertz CT molecular complexity index is 601. The van der Waals surface area contributed by atoms with Gasteiger partial charge in [-0.15, -0.1) is 4.83 Å². The minimum atomic E-state index is -4.21. The Morgan fingerprint density at radius 2 is 2.06 bits per heavy atom. The molecule has 0 saturated heterocycles. The molecule has 0 saturated carbocycles. The van der Waals surface area contributed by atoms with Crippen molar-refractivity contribution in [3.63, 3.8) is 0 Å². The molecular weight excluding hydrogens is 330 g/mol. The number of hydrogen-bond donors (Lipinski definition) is 2. The summed E-state index contributed by atoms with van der Waals surface area (Å²) in [5, 5.41) is 10.7. The van der Waals surface area contributed by atoms with Crippen molar-refractivity contribution in [2.24, 2.45) is 0 Å². The van der Waals surface area contributed by atoms with E-state index in [1.54, 1.807) is 4.83 Å². The van der Waals surface area contributed by atoms with Crippen LogP contribution < -0.4 is 10.3 Å². The maximum Gasteiger partial charge on any atom is 0.289 e. The van der Waals surface area contributed by atoms with Crippen LogP contribution in [0.25, 0.3) is 0 Å². The Hall–Kier alpha value is -1.52. The van der Waals surface area contributed by atoms with Crippen molar-refractivity contribution < 1.29 is 18.1 Å². The van der Waals surface area contributed by atoms with Crippen LogP contribution in [0.2, 0.25) is 0 Å². The first-order valence-electron chi connectivity index (χ1n) is 4.46. The summed E-state index contributed by atoms with van der Waals surface area (Å²) in [6, 6.07) is 3.46. The summed E-state index contributed by atoms with van der Waals surface area (Å²) < 4.78 is 23.9. The first-order valence-corrected chi connectivity index (χ1v) is 6.74. The molecule has 1 rings (SSSR count). The molecule has 0 heterocycles. The predicted octanol–water partition coefficient (Wildman–Crippen LogP) is 0.687. The van der Waals surface area contributed by atoms with E-state index in [9.17, 15) is 23.3 Å². The number of nitro benzene ring substituents is 1. The van der Waals surface area contributed by atoms with Gasteiger partial charge in [-0.05, 0) is 12.1 Å². The summed E-state index contributed by atoms with van der Waals surface area (Å²) in [5.41, 5.74) is 1.27. The van der Waals surface area contributed by atoms with Gasteiger partial charge in [0.05, 0.1) is 4.92 Å². The second kappa shape index (κ2) is 5.42. The van der Waals surface area contributed by atoms with Gasteiger partial charge >= 0.3 is 0 Å². The van der Waals surface area contributed by atoms with Crippen molar-refractivity contribution in [2.45, 2.75) is 11.8 Å². The van der Waals surface area contributed by atoms with Crippen LogP contribution in [0.1, 0.15) is 6.92 Å². The zero-order valence-electron chi connectivity index (χ0n) is 9.01. The molecule has 0 aromatic heterocycles. The zero-order chi connectivity index (χ0) is 13.9. The third kappa shape index (κ3) is 3.48. The van der Waals surface area contributed by atoms with Crippen LogP contribution in [0.15, 0.2) is 27.6 Å². The number of halogens is 1. The molecule has 0 aliphatic carbocycles. The average Bonchev–Trinajstić information content (AvgIpc) is 2.26. The van der Waals surface area contributed by atoms with E-state index >= 15 is 0 Å². The minimum absolute atomic E-state index is 0.358. The maximum atomic E-state index is 11.8. The molecule has 18 heavy (non-hydrogen) atoms. The van der Waals surface area contributed by atoms with Crippen LogP contribution in [-0.2, 0) is 14.8 Å². The van der Waals surface area contributed by atoms with Crippen LogP contribution in [0.4, 0.5) is 5.69 Å². The molecule has 1 amide bonds. The molecule has 0 fully saturated rings. The SMILES string of the molecule is CC(=O)NNS(=O)(=O)c1cc(Br)ccc1[N+](=O)[O-]. The topological polar surface area (TPSA) is 118 Å². The highest BCUT2D eigenvalue weighted by atomic mass is 79.9. The highest BCUT2D eigenvalue weighted by Crippen LogP contribution is 2.26. The maximum absolute atomic E-state index is 11.8. The fourth-order valence-corrected chi connectivity index (χ4v) is 2.65. The van der Waals surface area contributed by atoms with Gasteiger partial charge in [-0.25, -0.2) is 8.42 Å². The highest BCUT2D eigenvalue weighted by Gasteiger charge is 2.26. The minimum Gasteiger partial charge on any atom is -0.278 e. The molecule has 0 unspecified atom stereocenters. The number of nitrogens with zero attached hydrogens (tertiary/aromatic N) is 1. The van der Waals surface area contributed by atoms with Crippen LogP contribution in [0, 0.1) is 10.1 Å². The van der Waals surface area contributed by atoms with E-state index in [1.165, 1.54) is 6.07 Å². The van der Waals surface area contributed by atoms with Gasteiger partial charge < -0.3 is 0 Å². The Labute approximate surface area is 111 Å². The zero-order valence-corrected chi connectivity index (χ0v) is 11.4. The molecule has 8 nitrogen and oxygen atoms in total. The Morgan fingerprint density at radius 1 is 1.44 bits per heavy atom. The number of hydrogen-bond acceptors (Lipinski definition) is 5. The normalized spacial score (nSPS) is 11.0. The van der Waals surface area contributed by atoms with Crippen molar-refractivity contribution in [2.75, 3.05) is 0 Å². The smallest absolute Gasteiger partial charge is 0.278 e. The summed E-state index contributed by atoms with van der Waals surface area (Å²) in [6.07, 6.45) is 0. The number of amides is 1. The first kappa shape index (κ1) is 14.5. The lowest BCUT2D eigenvalue weighted by atomic mass is 10.3. The lowest BCUT2D eigenvalue weighted by molar-refractivity contribution is -0.387. The second-order valence-corrected chi connectivity index (χ2v) is 5.72. The molecule has 0 atom stereocenters. The van der Waals surface area contributed by atoms with Gasteiger partial charge in [0.2, 0.25) is 5.91 Å². The molecule has 0 radical (unpaired) electrons. The molecular formula is C8H8BrN3O5S. The van der Waals surface area contributed by atoms with Crippen molar-refractivity contribution in [3.8, 4) is 0 Å². The van der Waals surface area contributed by atoms with Gasteiger partial charge in [-0.3, -0.25) is 20.3 Å². The Kier molecular flexibility index (Phi) is 4.38. The van der Waals surface area contributed by atoms with Gasteiger partial charge in [-0.2, -0.15) is 0 Å². The molecule has 1 aromatic carbocycles. The fourth-order valence-electron chi connectivity index (χ4n) is 1.05. The van der Waals surface area contributed by atoms with Gasteiger partial charge in [0.15, 0.2) is 4.90 Å². The lowest BCUT2D eigenvalue weighted by Crippen LogP contribution is -2.40. The van der Waals surface area contributed by atoms with E-state index in [-0.39, 0.29) is 0 Å². The van der Waals surface area contributed by atoms with Crippen LogP contribution in [-0.4, -0.2) is 19.2 Å². The number of nitrogens with one attached hydrogen (secondary N) is 2. The number of benzene rings is 1. The summed E-state index contributed by atoms with van der Waals surface area (Å²) >= 11 is 3.02. The fraction of sp³-hybridized carbons (Fsp3) is 0.125. The monoisotopic (exact) mass is 337 g/mol. The number of carbonyl (C=O) groups excluding carboxylic acids is 1. The van der Waals surface area contributed by atoms with Gasteiger partial charge in [-0.1, -0.05) is 15.9 Å². The summed E-state index contributed by atoms with van der Waals surface area (Å²) in [5.74, 6) is -0.642. The summed E-state index contributed by atoms with van der Waals surface area (Å²) in [7, 11) is -4.21. The Morgan fingerprint density at radius 3 is 2.56 bits per heavy atom. The van der Waals surface area contributed by atoms with E-state index < -0.39 is 31.4 Å². The standard InChI is InChI=1S/C8H8BrN3O5S/c1-5(13)10-11-18(16,17)8-4-6(9)2-3-7(8)12(14)15/h2-4,11H,1H3,(H,10,13). The molecule has 0 aliphatic heterocycles. The van der Waals surface area contributed by atoms with Gasteiger partial charge in [0.1, 0.15) is 0 Å². The molecule has 0 bridgehead atoms. The quantitative estimate of drug-likeness (QED) is 0.618. The number of carbonyl (C=O) groups is 1. The lowest BCUT2D eigenvalue weighted by Gasteiger charge is -2.07. The van der Waals surface area contributed by atoms with Crippen molar-refractivity contribution >= 4 is 37.5 Å². The Balaban J connectivity index is 3.26. The van der Waals surface area contributed by atoms with Crippen molar-refractivity contribution in [1.29, 1.82) is 0 Å². The second-order valence-electron chi connectivity index (χ2n) is 3.16. The number of sulfonamides is 1.